The molecular weight excluding hydrogens is 488 g/mol. The molecule has 0 bridgehead atoms. The van der Waals surface area contributed by atoms with Crippen LogP contribution in [0.2, 0.25) is 0 Å². The number of benzene rings is 4. The van der Waals surface area contributed by atoms with Gasteiger partial charge in [0.15, 0.2) is 0 Å². The van der Waals surface area contributed by atoms with Crippen molar-refractivity contribution in [3.8, 4) is 0 Å². The third-order valence-corrected chi connectivity index (χ3v) is 7.39. The van der Waals surface area contributed by atoms with Crippen molar-refractivity contribution in [2.45, 2.75) is 32.5 Å². The molecule has 2 atom stereocenters. The Morgan fingerprint density at radius 3 is 2.31 bits per heavy atom. The average molecular weight is 521 g/mol. The van der Waals surface area contributed by atoms with Crippen molar-refractivity contribution in [1.82, 2.24) is 10.6 Å². The highest BCUT2D eigenvalue weighted by atomic mass is 16.2. The van der Waals surface area contributed by atoms with Crippen molar-refractivity contribution in [2.24, 2.45) is 0 Å². The van der Waals surface area contributed by atoms with E-state index in [-0.39, 0.29) is 24.3 Å². The Morgan fingerprint density at radius 1 is 0.897 bits per heavy atom. The monoisotopic (exact) mass is 520 g/mol. The van der Waals surface area contributed by atoms with Crippen LogP contribution in [0.4, 0.5) is 11.4 Å². The number of amides is 3. The van der Waals surface area contributed by atoms with Crippen LogP contribution in [-0.2, 0) is 16.1 Å². The summed E-state index contributed by atoms with van der Waals surface area (Å²) in [7, 11) is 1.69. The lowest BCUT2D eigenvalue weighted by atomic mass is 9.99. The minimum Gasteiger partial charge on any atom is -0.341 e. The Bertz CT molecular complexity index is 1540. The van der Waals surface area contributed by atoms with E-state index in [0.717, 1.165) is 21.9 Å². The van der Waals surface area contributed by atoms with Gasteiger partial charge in [-0.2, -0.15) is 0 Å². The number of fused-ring (bicyclic) bond motifs is 2. The number of nitrogens with zero attached hydrogens (tertiary/aromatic N) is 2. The summed E-state index contributed by atoms with van der Waals surface area (Å²) < 4.78 is 0. The third-order valence-electron chi connectivity index (χ3n) is 7.39. The third kappa shape index (κ3) is 5.13. The molecule has 1 aliphatic heterocycles. The highest BCUT2D eigenvalue weighted by Crippen LogP contribution is 2.36. The van der Waals surface area contributed by atoms with Crippen LogP contribution in [-0.4, -0.2) is 43.4 Å². The molecule has 4 aromatic carbocycles. The smallest absolute Gasteiger partial charge is 0.258 e. The molecule has 0 unspecified atom stereocenters. The number of nitrogens with one attached hydrogen (secondary N) is 2. The van der Waals surface area contributed by atoms with E-state index < -0.39 is 12.1 Å². The van der Waals surface area contributed by atoms with Crippen LogP contribution < -0.4 is 20.4 Å². The fourth-order valence-electron chi connectivity index (χ4n) is 5.03. The molecule has 3 amide bonds. The summed E-state index contributed by atoms with van der Waals surface area (Å²) >= 11 is 0. The highest BCUT2D eigenvalue weighted by molar-refractivity contribution is 6.12. The van der Waals surface area contributed by atoms with Crippen molar-refractivity contribution in [3.05, 3.63) is 108 Å². The molecule has 7 heteroatoms. The van der Waals surface area contributed by atoms with Crippen LogP contribution >= 0.6 is 0 Å². The molecule has 0 saturated heterocycles. The number of anilines is 2. The zero-order valence-electron chi connectivity index (χ0n) is 22.3. The molecule has 0 radical (unpaired) electrons. The van der Waals surface area contributed by atoms with Crippen molar-refractivity contribution < 1.29 is 14.4 Å². The molecule has 198 valence electrons. The number of carbonyl (C=O) groups is 3. The fraction of sp³-hybridized carbons (Fsp3) is 0.219. The zero-order chi connectivity index (χ0) is 27.5. The molecule has 0 fully saturated rings. The number of carbonyl (C=O) groups excluding carboxylic acids is 3. The van der Waals surface area contributed by atoms with Crippen molar-refractivity contribution in [2.75, 3.05) is 23.4 Å². The normalized spacial score (nSPS) is 16.0. The van der Waals surface area contributed by atoms with E-state index in [1.54, 1.807) is 35.9 Å². The number of para-hydroxylation sites is 2. The van der Waals surface area contributed by atoms with Gasteiger partial charge in [-0.05, 0) is 67.1 Å². The second-order valence-corrected chi connectivity index (χ2v) is 9.85. The summed E-state index contributed by atoms with van der Waals surface area (Å²) in [5.41, 5.74) is 3.83. The van der Waals surface area contributed by atoms with Crippen LogP contribution in [0.5, 0.6) is 0 Å². The molecule has 0 saturated carbocycles. The summed E-state index contributed by atoms with van der Waals surface area (Å²) in [5, 5.41) is 7.98. The largest absolute Gasteiger partial charge is 0.341 e. The SMILES string of the molecule is CN[C@@H](C)C(=O)N[C@H]1CN(C(=O)c2ccccc2)c2ccccc2N(Cc2c(C)ccc3ccccc23)C1=O. The van der Waals surface area contributed by atoms with E-state index in [0.29, 0.717) is 23.5 Å². The van der Waals surface area contributed by atoms with Crippen LogP contribution in [0.15, 0.2) is 91.0 Å². The van der Waals surface area contributed by atoms with Crippen molar-refractivity contribution in [3.63, 3.8) is 0 Å². The molecule has 7 nitrogen and oxygen atoms in total. The topological polar surface area (TPSA) is 81.8 Å². The molecule has 5 rings (SSSR count). The summed E-state index contributed by atoms with van der Waals surface area (Å²) in [4.78, 5) is 44.3. The second kappa shape index (κ2) is 11.1. The van der Waals surface area contributed by atoms with Gasteiger partial charge in [0.25, 0.3) is 11.8 Å². The second-order valence-electron chi connectivity index (χ2n) is 9.85. The Balaban J connectivity index is 1.64. The Kier molecular flexibility index (Phi) is 7.43. The van der Waals surface area contributed by atoms with E-state index in [9.17, 15) is 14.4 Å². The summed E-state index contributed by atoms with van der Waals surface area (Å²) in [6, 6.07) is 27.2. The molecule has 1 heterocycles. The van der Waals surface area contributed by atoms with Gasteiger partial charge >= 0.3 is 0 Å². The molecule has 0 spiro atoms. The quantitative estimate of drug-likeness (QED) is 0.394. The number of likely N-dealkylation sites (N-methyl/N-ethyl adjacent to an activating group) is 1. The molecule has 4 aromatic rings. The van der Waals surface area contributed by atoms with Gasteiger partial charge in [-0.25, -0.2) is 0 Å². The van der Waals surface area contributed by atoms with Gasteiger partial charge < -0.3 is 20.4 Å². The summed E-state index contributed by atoms with van der Waals surface area (Å²) in [6.45, 7) is 4.07. The first-order chi connectivity index (χ1) is 18.9. The Labute approximate surface area is 228 Å². The maximum Gasteiger partial charge on any atom is 0.258 e. The van der Waals surface area contributed by atoms with Crippen LogP contribution in [0, 0.1) is 6.92 Å². The van der Waals surface area contributed by atoms with Crippen LogP contribution in [0.25, 0.3) is 10.8 Å². The van der Waals surface area contributed by atoms with Gasteiger partial charge in [0, 0.05) is 5.56 Å². The van der Waals surface area contributed by atoms with Gasteiger partial charge in [-0.1, -0.05) is 66.7 Å². The maximum atomic E-state index is 14.3. The molecular formula is C32H32N4O3. The van der Waals surface area contributed by atoms with E-state index in [2.05, 4.69) is 34.9 Å². The first-order valence-corrected chi connectivity index (χ1v) is 13.1. The van der Waals surface area contributed by atoms with E-state index in [4.69, 9.17) is 0 Å². The van der Waals surface area contributed by atoms with Gasteiger partial charge in [0.1, 0.15) is 6.04 Å². The number of hydrogen-bond acceptors (Lipinski definition) is 4. The minimum absolute atomic E-state index is 0.0107. The minimum atomic E-state index is -0.941. The lowest BCUT2D eigenvalue weighted by Gasteiger charge is -2.27. The average Bonchev–Trinajstić information content (AvgIpc) is 3.08. The van der Waals surface area contributed by atoms with Gasteiger partial charge in [-0.3, -0.25) is 14.4 Å². The predicted molar refractivity (Wildman–Crippen MR) is 155 cm³/mol. The highest BCUT2D eigenvalue weighted by Gasteiger charge is 2.37. The lowest BCUT2D eigenvalue weighted by Crippen LogP contribution is -2.55. The van der Waals surface area contributed by atoms with E-state index in [1.165, 1.54) is 0 Å². The summed E-state index contributed by atoms with van der Waals surface area (Å²) in [5.74, 6) is -0.815. The lowest BCUT2D eigenvalue weighted by molar-refractivity contribution is -0.128. The Morgan fingerprint density at radius 2 is 1.56 bits per heavy atom. The molecule has 2 N–H and O–H groups in total. The van der Waals surface area contributed by atoms with Crippen molar-refractivity contribution in [1.29, 1.82) is 0 Å². The molecule has 39 heavy (non-hydrogen) atoms. The molecule has 0 aromatic heterocycles. The summed E-state index contributed by atoms with van der Waals surface area (Å²) in [6.07, 6.45) is 0. The van der Waals surface area contributed by atoms with Crippen LogP contribution in [0.3, 0.4) is 0 Å². The van der Waals surface area contributed by atoms with E-state index >= 15 is 0 Å². The number of hydrogen-bond donors (Lipinski definition) is 2. The first-order valence-electron chi connectivity index (χ1n) is 13.1. The Hall–Kier alpha value is -4.49. The van der Waals surface area contributed by atoms with Crippen LogP contribution in [0.1, 0.15) is 28.4 Å². The maximum absolute atomic E-state index is 14.3. The first kappa shape index (κ1) is 26.1. The fourth-order valence-corrected chi connectivity index (χ4v) is 5.03. The van der Waals surface area contributed by atoms with Gasteiger partial charge in [0.05, 0.1) is 30.5 Å². The zero-order valence-corrected chi connectivity index (χ0v) is 22.3. The standard InChI is InChI=1S/C32H32N4O3/c1-21-17-18-23-11-7-8-14-25(23)26(21)19-35-28-15-9-10-16-29(28)36(31(38)24-12-5-4-6-13-24)20-27(32(35)39)34-30(37)22(2)33-3/h4-18,22,27,33H,19-20H2,1-3H3,(H,34,37)/t22-,27-/m0/s1. The number of aryl methyl sites for hydroxylation is 1. The van der Waals surface area contributed by atoms with Gasteiger partial charge in [0.2, 0.25) is 5.91 Å². The van der Waals surface area contributed by atoms with E-state index in [1.807, 2.05) is 61.5 Å². The van der Waals surface area contributed by atoms with Gasteiger partial charge in [-0.15, -0.1) is 0 Å². The molecule has 1 aliphatic rings. The number of rotatable bonds is 6. The predicted octanol–water partition coefficient (Wildman–Crippen LogP) is 4.43. The molecule has 0 aliphatic carbocycles. The van der Waals surface area contributed by atoms with Crippen molar-refractivity contribution >= 4 is 39.9 Å².